The molecule has 2 aromatic carbocycles. The molecule has 2 N–H and O–H groups in total. The number of fused-ring (bicyclic) bond motifs is 1. The topological polar surface area (TPSA) is 75.4 Å². The van der Waals surface area contributed by atoms with Crippen LogP contribution in [0.5, 0.6) is 0 Å². The van der Waals surface area contributed by atoms with Gasteiger partial charge in [0.25, 0.3) is 0 Å². The lowest BCUT2D eigenvalue weighted by molar-refractivity contribution is -0.386. The Hall–Kier alpha value is -2.47. The summed E-state index contributed by atoms with van der Waals surface area (Å²) in [5, 5.41) is 24.8. The van der Waals surface area contributed by atoms with Gasteiger partial charge < -0.3 is 10.4 Å². The summed E-state index contributed by atoms with van der Waals surface area (Å²) in [6, 6.07) is 11.5. The molecule has 1 atom stereocenters. The van der Waals surface area contributed by atoms with E-state index >= 15 is 0 Å². The minimum Gasteiger partial charge on any atom is -0.383 e. The molecule has 23 heavy (non-hydrogen) atoms. The van der Waals surface area contributed by atoms with Crippen LogP contribution in [-0.2, 0) is 12.0 Å². The Morgan fingerprint density at radius 3 is 2.83 bits per heavy atom. The van der Waals surface area contributed by atoms with Crippen LogP contribution in [0.4, 0.5) is 15.8 Å². The number of benzene rings is 2. The average molecular weight is 316 g/mol. The maximum absolute atomic E-state index is 13.7. The molecule has 3 rings (SSSR count). The highest BCUT2D eigenvalue weighted by Crippen LogP contribution is 2.36. The van der Waals surface area contributed by atoms with E-state index in [1.165, 1.54) is 12.1 Å². The van der Waals surface area contributed by atoms with Crippen LogP contribution >= 0.6 is 0 Å². The summed E-state index contributed by atoms with van der Waals surface area (Å²) in [5.74, 6) is -0.893. The highest BCUT2D eigenvalue weighted by molar-refractivity contribution is 5.62. The zero-order chi connectivity index (χ0) is 16.4. The molecule has 120 valence electrons. The van der Waals surface area contributed by atoms with Gasteiger partial charge in [-0.2, -0.15) is 4.39 Å². The summed E-state index contributed by atoms with van der Waals surface area (Å²) < 4.78 is 13.7. The fourth-order valence-electron chi connectivity index (χ4n) is 3.17. The smallest absolute Gasteiger partial charge is 0.327 e. The predicted molar refractivity (Wildman–Crippen MR) is 84.8 cm³/mol. The number of nitrogens with one attached hydrogen (secondary N) is 1. The number of halogens is 1. The Balaban J connectivity index is 1.87. The van der Waals surface area contributed by atoms with E-state index in [1.807, 2.05) is 24.3 Å². The average Bonchev–Trinajstić information content (AvgIpc) is 2.53. The molecule has 0 spiro atoms. The van der Waals surface area contributed by atoms with Crippen molar-refractivity contribution in [3.05, 3.63) is 69.5 Å². The fourth-order valence-corrected chi connectivity index (χ4v) is 3.17. The number of aryl methyl sites for hydroxylation is 1. The first-order valence-electron chi connectivity index (χ1n) is 7.49. The van der Waals surface area contributed by atoms with Crippen molar-refractivity contribution in [1.82, 2.24) is 0 Å². The van der Waals surface area contributed by atoms with Crippen molar-refractivity contribution in [2.45, 2.75) is 24.9 Å². The van der Waals surface area contributed by atoms with Crippen LogP contribution in [0.2, 0.25) is 0 Å². The van der Waals surface area contributed by atoms with Gasteiger partial charge >= 0.3 is 5.69 Å². The first kappa shape index (κ1) is 15.4. The van der Waals surface area contributed by atoms with Gasteiger partial charge in [-0.05, 0) is 42.5 Å². The maximum atomic E-state index is 13.7. The van der Waals surface area contributed by atoms with Gasteiger partial charge in [0, 0.05) is 6.54 Å². The molecular weight excluding hydrogens is 299 g/mol. The fraction of sp³-hybridized carbons (Fsp3) is 0.294. The number of aliphatic hydroxyl groups is 1. The zero-order valence-corrected chi connectivity index (χ0v) is 12.5. The molecule has 0 heterocycles. The Kier molecular flexibility index (Phi) is 4.00. The molecule has 0 saturated heterocycles. The minimum atomic E-state index is -1.12. The van der Waals surface area contributed by atoms with Crippen molar-refractivity contribution in [2.75, 3.05) is 11.9 Å². The van der Waals surface area contributed by atoms with Gasteiger partial charge in [0.15, 0.2) is 0 Å². The molecule has 0 aliphatic heterocycles. The molecule has 1 unspecified atom stereocenters. The molecule has 2 aromatic rings. The van der Waals surface area contributed by atoms with Gasteiger partial charge in [-0.1, -0.05) is 30.3 Å². The first-order valence-corrected chi connectivity index (χ1v) is 7.49. The number of nitrogens with zero attached hydrogens (tertiary/aromatic N) is 1. The summed E-state index contributed by atoms with van der Waals surface area (Å²) in [7, 11) is 0. The molecule has 5 nitrogen and oxygen atoms in total. The van der Waals surface area contributed by atoms with Crippen LogP contribution in [0.1, 0.15) is 24.0 Å². The van der Waals surface area contributed by atoms with Crippen molar-refractivity contribution in [2.24, 2.45) is 0 Å². The molecule has 0 amide bonds. The van der Waals surface area contributed by atoms with Crippen LogP contribution in [-0.4, -0.2) is 16.6 Å². The van der Waals surface area contributed by atoms with Crippen molar-refractivity contribution < 1.29 is 14.4 Å². The second-order valence-electron chi connectivity index (χ2n) is 5.79. The number of hydrogen-bond donors (Lipinski definition) is 2. The summed E-state index contributed by atoms with van der Waals surface area (Å²) in [5.41, 5.74) is 0.274. The Morgan fingerprint density at radius 2 is 2.04 bits per heavy atom. The van der Waals surface area contributed by atoms with Gasteiger partial charge in [0.05, 0.1) is 4.92 Å². The number of hydrogen-bond acceptors (Lipinski definition) is 4. The van der Waals surface area contributed by atoms with Gasteiger partial charge in [-0.25, -0.2) is 0 Å². The van der Waals surface area contributed by atoms with Gasteiger partial charge in [-0.15, -0.1) is 0 Å². The Labute approximate surface area is 132 Å². The predicted octanol–water partition coefficient (Wildman–Crippen LogP) is 3.37. The number of rotatable bonds is 4. The zero-order valence-electron chi connectivity index (χ0n) is 12.5. The lowest BCUT2D eigenvalue weighted by atomic mass is 9.79. The standard InChI is InChI=1S/C17H17FN2O3/c18-14-8-3-9-15(16(14)20(22)23)19-11-17(21)10-4-6-12-5-1-2-7-13(12)17/h1-3,5,7-9,19,21H,4,6,10-11H2. The van der Waals surface area contributed by atoms with Crippen molar-refractivity contribution >= 4 is 11.4 Å². The second kappa shape index (κ2) is 5.96. The van der Waals surface area contributed by atoms with Crippen LogP contribution in [0.15, 0.2) is 42.5 Å². The quantitative estimate of drug-likeness (QED) is 0.670. The minimum absolute atomic E-state index is 0.0754. The third-order valence-electron chi connectivity index (χ3n) is 4.30. The summed E-state index contributed by atoms with van der Waals surface area (Å²) >= 11 is 0. The molecule has 0 saturated carbocycles. The maximum Gasteiger partial charge on any atom is 0.327 e. The van der Waals surface area contributed by atoms with Crippen LogP contribution in [0, 0.1) is 15.9 Å². The molecule has 0 radical (unpaired) electrons. The van der Waals surface area contributed by atoms with E-state index in [-0.39, 0.29) is 12.2 Å². The normalized spacial score (nSPS) is 19.9. The summed E-state index contributed by atoms with van der Waals surface area (Å²) in [4.78, 5) is 10.3. The molecule has 6 heteroatoms. The first-order chi connectivity index (χ1) is 11.0. The Bertz CT molecular complexity index is 750. The van der Waals surface area contributed by atoms with Crippen LogP contribution < -0.4 is 5.32 Å². The molecular formula is C17H17FN2O3. The highest BCUT2D eigenvalue weighted by Gasteiger charge is 2.34. The molecule has 0 aromatic heterocycles. The van der Waals surface area contributed by atoms with E-state index in [9.17, 15) is 19.6 Å². The SMILES string of the molecule is O=[N+]([O-])c1c(F)cccc1NCC1(O)CCCc2ccccc21. The van der Waals surface area contributed by atoms with E-state index in [1.54, 1.807) is 0 Å². The molecule has 1 aliphatic carbocycles. The van der Waals surface area contributed by atoms with Crippen molar-refractivity contribution in [1.29, 1.82) is 0 Å². The number of nitro groups is 1. The number of nitro benzene ring substituents is 1. The summed E-state index contributed by atoms with van der Waals surface area (Å²) in [6.07, 6.45) is 2.29. The number of para-hydroxylation sites is 1. The lowest BCUT2D eigenvalue weighted by Gasteiger charge is -2.34. The van der Waals surface area contributed by atoms with E-state index in [0.717, 1.165) is 30.0 Å². The monoisotopic (exact) mass is 316 g/mol. The molecule has 0 bridgehead atoms. The Morgan fingerprint density at radius 1 is 1.26 bits per heavy atom. The van der Waals surface area contributed by atoms with Gasteiger partial charge in [-0.3, -0.25) is 10.1 Å². The van der Waals surface area contributed by atoms with E-state index < -0.39 is 22.0 Å². The van der Waals surface area contributed by atoms with Crippen molar-refractivity contribution in [3.8, 4) is 0 Å². The van der Waals surface area contributed by atoms with E-state index in [0.29, 0.717) is 6.42 Å². The van der Waals surface area contributed by atoms with E-state index in [4.69, 9.17) is 0 Å². The second-order valence-corrected chi connectivity index (χ2v) is 5.79. The van der Waals surface area contributed by atoms with Gasteiger partial charge in [0.2, 0.25) is 5.82 Å². The van der Waals surface area contributed by atoms with Crippen LogP contribution in [0.25, 0.3) is 0 Å². The molecule has 0 fully saturated rings. The third kappa shape index (κ3) is 2.90. The molecule has 1 aliphatic rings. The third-order valence-corrected chi connectivity index (χ3v) is 4.30. The summed E-state index contributed by atoms with van der Waals surface area (Å²) in [6.45, 7) is 0.0916. The lowest BCUT2D eigenvalue weighted by Crippen LogP contribution is -2.37. The largest absolute Gasteiger partial charge is 0.383 e. The van der Waals surface area contributed by atoms with Crippen molar-refractivity contribution in [3.63, 3.8) is 0 Å². The highest BCUT2D eigenvalue weighted by atomic mass is 19.1. The number of anilines is 1. The van der Waals surface area contributed by atoms with Crippen LogP contribution in [0.3, 0.4) is 0 Å². The van der Waals surface area contributed by atoms with E-state index in [2.05, 4.69) is 5.32 Å². The van der Waals surface area contributed by atoms with Gasteiger partial charge in [0.1, 0.15) is 11.3 Å².